The summed E-state index contributed by atoms with van der Waals surface area (Å²) in [6.07, 6.45) is 1.27. The topological polar surface area (TPSA) is 29.1 Å². The fourth-order valence-electron chi connectivity index (χ4n) is 1.87. The van der Waals surface area contributed by atoms with Crippen LogP contribution in [0.5, 0.6) is 0 Å². The van der Waals surface area contributed by atoms with Crippen LogP contribution in [0.1, 0.15) is 29.8 Å². The first-order chi connectivity index (χ1) is 9.56. The van der Waals surface area contributed by atoms with E-state index in [4.69, 9.17) is 23.2 Å². The summed E-state index contributed by atoms with van der Waals surface area (Å²) < 4.78 is 0. The van der Waals surface area contributed by atoms with Crippen molar-refractivity contribution in [3.8, 4) is 0 Å². The van der Waals surface area contributed by atoms with Crippen LogP contribution in [0.25, 0.3) is 0 Å². The number of nitrogens with one attached hydrogen (secondary N) is 1. The van der Waals surface area contributed by atoms with Gasteiger partial charge in [-0.1, -0.05) is 35.3 Å². The average molecular weight is 328 g/mol. The molecule has 0 aliphatic heterocycles. The molecule has 1 aromatic heterocycles. The molecule has 1 atom stereocenters. The lowest BCUT2D eigenvalue weighted by molar-refractivity contribution is -0.121. The molecule has 1 N–H and O–H groups in total. The lowest BCUT2D eigenvalue weighted by Crippen LogP contribution is -2.26. The van der Waals surface area contributed by atoms with Gasteiger partial charge in [0.2, 0.25) is 5.91 Å². The Morgan fingerprint density at radius 2 is 2.10 bits per heavy atom. The average Bonchev–Trinajstić information content (AvgIpc) is 2.92. The first kappa shape index (κ1) is 15.4. The number of carbonyl (C=O) groups excluding carboxylic acids is 1. The Morgan fingerprint density at radius 1 is 1.30 bits per heavy atom. The summed E-state index contributed by atoms with van der Waals surface area (Å²) in [7, 11) is 0. The number of carbonyl (C=O) groups is 1. The molecule has 2 rings (SSSR count). The highest BCUT2D eigenvalue weighted by Gasteiger charge is 2.11. The quantitative estimate of drug-likeness (QED) is 0.834. The van der Waals surface area contributed by atoms with Gasteiger partial charge >= 0.3 is 0 Å². The molecular formula is C15H15Cl2NOS. The minimum atomic E-state index is -0.0828. The van der Waals surface area contributed by atoms with Gasteiger partial charge in [0.15, 0.2) is 0 Å². The number of amides is 1. The Balaban J connectivity index is 1.88. The Kier molecular flexibility index (Phi) is 5.46. The van der Waals surface area contributed by atoms with Crippen molar-refractivity contribution >= 4 is 40.4 Å². The van der Waals surface area contributed by atoms with Crippen LogP contribution in [-0.4, -0.2) is 5.91 Å². The van der Waals surface area contributed by atoms with E-state index in [0.717, 1.165) is 12.0 Å². The van der Waals surface area contributed by atoms with Crippen LogP contribution in [0.4, 0.5) is 0 Å². The van der Waals surface area contributed by atoms with Crippen molar-refractivity contribution in [3.63, 3.8) is 0 Å². The van der Waals surface area contributed by atoms with E-state index in [2.05, 4.69) is 5.32 Å². The van der Waals surface area contributed by atoms with Crippen LogP contribution in [0, 0.1) is 0 Å². The summed E-state index contributed by atoms with van der Waals surface area (Å²) in [5, 5.41) is 6.01. The van der Waals surface area contributed by atoms with E-state index in [1.807, 2.05) is 30.5 Å². The number of halogens is 2. The largest absolute Gasteiger partial charge is 0.350 e. The van der Waals surface area contributed by atoms with Gasteiger partial charge in [0.25, 0.3) is 0 Å². The molecule has 0 radical (unpaired) electrons. The van der Waals surface area contributed by atoms with Crippen molar-refractivity contribution in [2.24, 2.45) is 0 Å². The maximum Gasteiger partial charge on any atom is 0.220 e. The fraction of sp³-hybridized carbons (Fsp3) is 0.267. The maximum atomic E-state index is 11.9. The van der Waals surface area contributed by atoms with Gasteiger partial charge in [0.1, 0.15) is 0 Å². The van der Waals surface area contributed by atoms with E-state index in [1.54, 1.807) is 23.5 Å². The number of hydrogen-bond acceptors (Lipinski definition) is 2. The standard InChI is InChI=1S/C15H15Cl2NOS/c1-10(11-4-6-13(16)14(17)9-11)18-15(19)7-5-12-3-2-8-20-12/h2-4,6,8-10H,5,7H2,1H3,(H,18,19)/t10-/m1/s1. The number of aryl methyl sites for hydroxylation is 1. The molecule has 0 bridgehead atoms. The number of benzene rings is 1. The van der Waals surface area contributed by atoms with Gasteiger partial charge in [-0.25, -0.2) is 0 Å². The second kappa shape index (κ2) is 7.11. The lowest BCUT2D eigenvalue weighted by atomic mass is 10.1. The Morgan fingerprint density at radius 3 is 2.75 bits per heavy atom. The normalized spacial score (nSPS) is 12.2. The van der Waals surface area contributed by atoms with Crippen molar-refractivity contribution in [2.45, 2.75) is 25.8 Å². The summed E-state index contributed by atoms with van der Waals surface area (Å²) in [4.78, 5) is 13.1. The van der Waals surface area contributed by atoms with Gasteiger partial charge in [0.05, 0.1) is 16.1 Å². The minimum Gasteiger partial charge on any atom is -0.350 e. The van der Waals surface area contributed by atoms with Crippen molar-refractivity contribution in [1.82, 2.24) is 5.32 Å². The van der Waals surface area contributed by atoms with Gasteiger partial charge in [0, 0.05) is 11.3 Å². The molecule has 1 aromatic carbocycles. The molecule has 0 saturated heterocycles. The predicted octanol–water partition coefficient (Wildman–Crippen LogP) is 4.86. The summed E-state index contributed by atoms with van der Waals surface area (Å²) in [6, 6.07) is 9.36. The molecular weight excluding hydrogens is 313 g/mol. The van der Waals surface area contributed by atoms with Crippen molar-refractivity contribution in [1.29, 1.82) is 0 Å². The van der Waals surface area contributed by atoms with Crippen LogP contribution in [0.3, 0.4) is 0 Å². The number of thiophene rings is 1. The molecule has 1 amide bonds. The van der Waals surface area contributed by atoms with Crippen molar-refractivity contribution in [2.75, 3.05) is 0 Å². The third-order valence-corrected chi connectivity index (χ3v) is 4.67. The molecule has 1 heterocycles. The lowest BCUT2D eigenvalue weighted by Gasteiger charge is -2.15. The second-order valence-electron chi connectivity index (χ2n) is 4.54. The molecule has 0 fully saturated rings. The monoisotopic (exact) mass is 327 g/mol. The Bertz CT molecular complexity index is 584. The van der Waals surface area contributed by atoms with E-state index < -0.39 is 0 Å². The van der Waals surface area contributed by atoms with Crippen LogP contribution < -0.4 is 5.32 Å². The summed E-state index contributed by atoms with van der Waals surface area (Å²) >= 11 is 13.5. The minimum absolute atomic E-state index is 0.0389. The van der Waals surface area contributed by atoms with E-state index in [0.29, 0.717) is 16.5 Å². The highest BCUT2D eigenvalue weighted by Crippen LogP contribution is 2.25. The maximum absolute atomic E-state index is 11.9. The van der Waals surface area contributed by atoms with Crippen molar-refractivity contribution in [3.05, 3.63) is 56.2 Å². The molecule has 0 saturated carbocycles. The Labute approximate surface area is 132 Å². The predicted molar refractivity (Wildman–Crippen MR) is 85.7 cm³/mol. The van der Waals surface area contributed by atoms with E-state index in [-0.39, 0.29) is 11.9 Å². The first-order valence-electron chi connectivity index (χ1n) is 6.33. The van der Waals surface area contributed by atoms with Gasteiger partial charge < -0.3 is 5.32 Å². The molecule has 0 unspecified atom stereocenters. The Hall–Kier alpha value is -1.03. The number of rotatable bonds is 5. The van der Waals surface area contributed by atoms with Gasteiger partial charge in [-0.15, -0.1) is 11.3 Å². The molecule has 0 aliphatic rings. The summed E-state index contributed by atoms with van der Waals surface area (Å²) in [5.74, 6) is 0.0389. The SMILES string of the molecule is C[C@@H](NC(=O)CCc1cccs1)c1ccc(Cl)c(Cl)c1. The van der Waals surface area contributed by atoms with Crippen LogP contribution >= 0.6 is 34.5 Å². The molecule has 106 valence electrons. The zero-order valence-corrected chi connectivity index (χ0v) is 13.4. The zero-order valence-electron chi connectivity index (χ0n) is 11.0. The van der Waals surface area contributed by atoms with Gasteiger partial charge in [-0.3, -0.25) is 4.79 Å². The number of hydrogen-bond donors (Lipinski definition) is 1. The van der Waals surface area contributed by atoms with E-state index >= 15 is 0 Å². The highest BCUT2D eigenvalue weighted by molar-refractivity contribution is 7.09. The van der Waals surface area contributed by atoms with Crippen molar-refractivity contribution < 1.29 is 4.79 Å². The first-order valence-corrected chi connectivity index (χ1v) is 7.96. The molecule has 20 heavy (non-hydrogen) atoms. The zero-order chi connectivity index (χ0) is 14.5. The molecule has 2 aromatic rings. The molecule has 0 aliphatic carbocycles. The third kappa shape index (κ3) is 4.23. The van der Waals surface area contributed by atoms with Crippen LogP contribution in [-0.2, 0) is 11.2 Å². The molecule has 2 nitrogen and oxygen atoms in total. The second-order valence-corrected chi connectivity index (χ2v) is 6.39. The smallest absolute Gasteiger partial charge is 0.220 e. The fourth-order valence-corrected chi connectivity index (χ4v) is 2.89. The van der Waals surface area contributed by atoms with Crippen LogP contribution in [0.15, 0.2) is 35.7 Å². The van der Waals surface area contributed by atoms with E-state index in [9.17, 15) is 4.79 Å². The molecule has 5 heteroatoms. The van der Waals surface area contributed by atoms with E-state index in [1.165, 1.54) is 4.88 Å². The highest BCUT2D eigenvalue weighted by atomic mass is 35.5. The van der Waals surface area contributed by atoms with Gasteiger partial charge in [-0.05, 0) is 42.5 Å². The summed E-state index contributed by atoms with van der Waals surface area (Å²) in [5.41, 5.74) is 0.948. The van der Waals surface area contributed by atoms with Crippen LogP contribution in [0.2, 0.25) is 10.0 Å². The third-order valence-electron chi connectivity index (χ3n) is 3.00. The molecule has 0 spiro atoms. The van der Waals surface area contributed by atoms with Gasteiger partial charge in [-0.2, -0.15) is 0 Å². The summed E-state index contributed by atoms with van der Waals surface area (Å²) in [6.45, 7) is 1.93.